The van der Waals surface area contributed by atoms with Crippen molar-refractivity contribution in [2.75, 3.05) is 6.54 Å². The van der Waals surface area contributed by atoms with E-state index in [0.29, 0.717) is 29.9 Å². The van der Waals surface area contributed by atoms with Gasteiger partial charge in [0.2, 0.25) is 0 Å². The summed E-state index contributed by atoms with van der Waals surface area (Å²) in [4.78, 5) is 14.9. The Morgan fingerprint density at radius 1 is 1.16 bits per heavy atom. The van der Waals surface area contributed by atoms with E-state index in [1.807, 2.05) is 13.8 Å². The molecule has 0 radical (unpaired) electrons. The number of hydrogen-bond donors (Lipinski definition) is 0. The zero-order chi connectivity index (χ0) is 22.7. The normalized spacial score (nSPS) is 15.9. The molecule has 1 atom stereocenters. The molecule has 1 amide bonds. The van der Waals surface area contributed by atoms with Crippen LogP contribution in [0.2, 0.25) is 0 Å². The number of hydrogen-bond acceptors (Lipinski definition) is 5. The van der Waals surface area contributed by atoms with Gasteiger partial charge in [0, 0.05) is 24.7 Å². The van der Waals surface area contributed by atoms with Crippen molar-refractivity contribution in [3.8, 4) is 11.3 Å². The van der Waals surface area contributed by atoms with Crippen LogP contribution in [0.3, 0.4) is 0 Å². The summed E-state index contributed by atoms with van der Waals surface area (Å²) in [5, 5.41) is 16.6. The van der Waals surface area contributed by atoms with Gasteiger partial charge in [0.25, 0.3) is 5.91 Å². The van der Waals surface area contributed by atoms with Crippen molar-refractivity contribution in [1.82, 2.24) is 34.7 Å². The molecule has 3 aromatic heterocycles. The Labute approximate surface area is 180 Å². The van der Waals surface area contributed by atoms with Crippen LogP contribution < -0.4 is 0 Å². The first-order valence-corrected chi connectivity index (χ1v) is 9.96. The van der Waals surface area contributed by atoms with E-state index in [0.717, 1.165) is 23.3 Å². The number of halogens is 3. The summed E-state index contributed by atoms with van der Waals surface area (Å²) in [5.41, 5.74) is 3.62. The molecule has 4 aromatic rings. The predicted octanol–water partition coefficient (Wildman–Crippen LogP) is 3.01. The fraction of sp³-hybridized carbons (Fsp3) is 0.286. The minimum atomic E-state index is -1.51. The molecule has 11 heteroatoms. The largest absolute Gasteiger partial charge is 0.328 e. The molecule has 1 aliphatic heterocycles. The van der Waals surface area contributed by atoms with Crippen LogP contribution in [0.25, 0.3) is 16.8 Å². The number of aryl methyl sites for hydroxylation is 2. The van der Waals surface area contributed by atoms with Crippen LogP contribution in [-0.4, -0.2) is 47.2 Å². The summed E-state index contributed by atoms with van der Waals surface area (Å²) < 4.78 is 43.9. The van der Waals surface area contributed by atoms with Gasteiger partial charge < -0.3 is 4.90 Å². The number of nitrogens with zero attached hydrogens (tertiary/aromatic N) is 7. The van der Waals surface area contributed by atoms with Crippen LogP contribution in [0.4, 0.5) is 13.2 Å². The molecule has 0 spiro atoms. The fourth-order valence-electron chi connectivity index (χ4n) is 4.25. The Kier molecular flexibility index (Phi) is 4.50. The summed E-state index contributed by atoms with van der Waals surface area (Å²) in [6.45, 7) is 4.03. The fourth-order valence-corrected chi connectivity index (χ4v) is 4.25. The van der Waals surface area contributed by atoms with E-state index < -0.39 is 23.5 Å². The third-order valence-corrected chi connectivity index (χ3v) is 5.79. The average Bonchev–Trinajstić information content (AvgIpc) is 3.32. The van der Waals surface area contributed by atoms with Crippen molar-refractivity contribution in [2.45, 2.75) is 26.3 Å². The second-order valence-electron chi connectivity index (χ2n) is 7.86. The van der Waals surface area contributed by atoms with Gasteiger partial charge in [0.15, 0.2) is 23.1 Å². The molecule has 0 fully saturated rings. The van der Waals surface area contributed by atoms with Crippen molar-refractivity contribution in [3.05, 3.63) is 64.4 Å². The lowest BCUT2D eigenvalue weighted by Crippen LogP contribution is -2.39. The molecule has 0 aliphatic carbocycles. The molecule has 0 bridgehead atoms. The third kappa shape index (κ3) is 2.95. The molecule has 0 saturated heterocycles. The predicted molar refractivity (Wildman–Crippen MR) is 107 cm³/mol. The highest BCUT2D eigenvalue weighted by atomic mass is 19.2. The molecule has 5 rings (SSSR count). The van der Waals surface area contributed by atoms with Gasteiger partial charge in [0.05, 0.1) is 23.6 Å². The molecule has 164 valence electrons. The molecule has 1 aliphatic rings. The van der Waals surface area contributed by atoms with E-state index in [1.165, 1.54) is 9.31 Å². The summed E-state index contributed by atoms with van der Waals surface area (Å²) >= 11 is 0. The van der Waals surface area contributed by atoms with Crippen molar-refractivity contribution in [1.29, 1.82) is 0 Å². The standard InChI is InChI=1S/C21H18F3N7O/c1-10-6-16-19(26-28-31(16)25-9-10)21(32)30-5-4-13-18(11(30)2)27-29(3)20(13)12-7-14(22)17(24)15(23)8-12/h6-9,11H,4-5H2,1-3H3/t11-/m0/s1. The lowest BCUT2D eigenvalue weighted by molar-refractivity contribution is 0.0669. The van der Waals surface area contributed by atoms with Crippen molar-refractivity contribution < 1.29 is 18.0 Å². The smallest absolute Gasteiger partial charge is 0.277 e. The highest BCUT2D eigenvalue weighted by Gasteiger charge is 2.35. The number of amides is 1. The third-order valence-electron chi connectivity index (χ3n) is 5.79. The van der Waals surface area contributed by atoms with E-state index >= 15 is 0 Å². The number of carbonyl (C=O) groups is 1. The van der Waals surface area contributed by atoms with Gasteiger partial charge in [0.1, 0.15) is 5.52 Å². The lowest BCUT2D eigenvalue weighted by atomic mass is 9.95. The zero-order valence-corrected chi connectivity index (χ0v) is 17.5. The van der Waals surface area contributed by atoms with E-state index in [1.54, 1.807) is 24.2 Å². The van der Waals surface area contributed by atoms with Crippen LogP contribution >= 0.6 is 0 Å². The Bertz CT molecular complexity index is 1370. The number of carbonyl (C=O) groups excluding carboxylic acids is 1. The first-order valence-electron chi connectivity index (χ1n) is 9.96. The van der Waals surface area contributed by atoms with E-state index in [4.69, 9.17) is 0 Å². The van der Waals surface area contributed by atoms with Gasteiger partial charge in [-0.15, -0.1) is 9.73 Å². The van der Waals surface area contributed by atoms with Crippen LogP contribution in [0.5, 0.6) is 0 Å². The van der Waals surface area contributed by atoms with Crippen molar-refractivity contribution >= 4 is 11.4 Å². The molecular weight excluding hydrogens is 423 g/mol. The molecular formula is C21H18F3N7O. The minimum absolute atomic E-state index is 0.190. The maximum absolute atomic E-state index is 13.8. The molecule has 0 N–H and O–H groups in total. The number of rotatable bonds is 2. The Morgan fingerprint density at radius 2 is 1.88 bits per heavy atom. The Morgan fingerprint density at radius 3 is 2.59 bits per heavy atom. The first kappa shape index (κ1) is 20.2. The van der Waals surface area contributed by atoms with Crippen molar-refractivity contribution in [3.63, 3.8) is 0 Å². The summed E-state index contributed by atoms with van der Waals surface area (Å²) in [5.74, 6) is -4.35. The van der Waals surface area contributed by atoms with Crippen LogP contribution in [0, 0.1) is 24.4 Å². The minimum Gasteiger partial charge on any atom is -0.328 e. The second-order valence-corrected chi connectivity index (χ2v) is 7.86. The van der Waals surface area contributed by atoms with Gasteiger partial charge in [-0.2, -0.15) is 10.2 Å². The summed E-state index contributed by atoms with van der Waals surface area (Å²) in [7, 11) is 1.65. The van der Waals surface area contributed by atoms with Gasteiger partial charge >= 0.3 is 0 Å². The number of aromatic nitrogens is 6. The van der Waals surface area contributed by atoms with Crippen LogP contribution in [-0.2, 0) is 13.5 Å². The van der Waals surface area contributed by atoms with E-state index in [9.17, 15) is 18.0 Å². The monoisotopic (exact) mass is 441 g/mol. The molecule has 0 unspecified atom stereocenters. The van der Waals surface area contributed by atoms with Crippen molar-refractivity contribution in [2.24, 2.45) is 7.05 Å². The van der Waals surface area contributed by atoms with Gasteiger partial charge in [-0.3, -0.25) is 9.48 Å². The maximum Gasteiger partial charge on any atom is 0.277 e. The first-order chi connectivity index (χ1) is 15.3. The number of fused-ring (bicyclic) bond motifs is 2. The van der Waals surface area contributed by atoms with Gasteiger partial charge in [-0.25, -0.2) is 13.2 Å². The summed E-state index contributed by atoms with van der Waals surface area (Å²) in [6, 6.07) is 3.28. The van der Waals surface area contributed by atoms with Crippen LogP contribution in [0.1, 0.15) is 40.3 Å². The van der Waals surface area contributed by atoms with Gasteiger partial charge in [-0.1, -0.05) is 0 Å². The number of benzene rings is 1. The zero-order valence-electron chi connectivity index (χ0n) is 17.5. The molecule has 8 nitrogen and oxygen atoms in total. The topological polar surface area (TPSA) is 81.2 Å². The second kappa shape index (κ2) is 7.14. The molecule has 0 saturated carbocycles. The Balaban J connectivity index is 1.53. The van der Waals surface area contributed by atoms with Gasteiger partial charge in [-0.05, 0) is 49.2 Å². The highest BCUT2D eigenvalue weighted by Crippen LogP contribution is 2.36. The molecule has 32 heavy (non-hydrogen) atoms. The quantitative estimate of drug-likeness (QED) is 0.447. The molecule has 1 aromatic carbocycles. The summed E-state index contributed by atoms with van der Waals surface area (Å²) in [6.07, 6.45) is 2.04. The Hall–Kier alpha value is -3.76. The highest BCUT2D eigenvalue weighted by molar-refractivity contribution is 5.99. The lowest BCUT2D eigenvalue weighted by Gasteiger charge is -2.32. The van der Waals surface area contributed by atoms with E-state index in [2.05, 4.69) is 20.5 Å². The van der Waals surface area contributed by atoms with Crippen LogP contribution in [0.15, 0.2) is 24.4 Å². The average molecular weight is 441 g/mol. The maximum atomic E-state index is 13.8. The molecule has 4 heterocycles. The van der Waals surface area contributed by atoms with E-state index in [-0.39, 0.29) is 17.2 Å². The SMILES string of the molecule is Cc1cnn2nnc(C(=O)N3CCc4c(nn(C)c4-c4cc(F)c(F)c(F)c4)[C@@H]3C)c2c1.